The summed E-state index contributed by atoms with van der Waals surface area (Å²) in [5, 5.41) is 9.20. The minimum Gasteiger partial charge on any atom is -0.480 e. The molecule has 0 saturated carbocycles. The number of carboxylic acids is 1. The second-order valence-electron chi connectivity index (χ2n) is 5.86. The molecule has 0 aromatic carbocycles. The number of carbonyl (C=O) groups is 3. The Kier molecular flexibility index (Phi) is 3.65. The number of carbonyl (C=O) groups excluding carboxylic acids is 2. The van der Waals surface area contributed by atoms with Gasteiger partial charge in [-0.25, -0.2) is 4.79 Å². The van der Waals surface area contributed by atoms with E-state index < -0.39 is 17.4 Å². The molecule has 114 valence electrons. The molecule has 0 aliphatic heterocycles. The fourth-order valence-corrected chi connectivity index (χ4v) is 2.40. The molecule has 0 bridgehead atoms. The summed E-state index contributed by atoms with van der Waals surface area (Å²) in [6, 6.07) is 0. The molecule has 1 aromatic rings. The van der Waals surface area contributed by atoms with E-state index in [0.29, 0.717) is 36.1 Å². The van der Waals surface area contributed by atoms with E-state index in [1.807, 2.05) is 0 Å². The van der Waals surface area contributed by atoms with E-state index in [-0.39, 0.29) is 11.5 Å². The van der Waals surface area contributed by atoms with Crippen molar-refractivity contribution in [1.82, 2.24) is 4.90 Å². The van der Waals surface area contributed by atoms with E-state index in [2.05, 4.69) is 0 Å². The van der Waals surface area contributed by atoms with Gasteiger partial charge in [-0.3, -0.25) is 9.59 Å². The maximum Gasteiger partial charge on any atom is 0.329 e. The lowest BCUT2D eigenvalue weighted by molar-refractivity contribution is -0.147. The SMILES string of the molecule is Cc1c(C(=O)N(C)C(C)(C)C(=O)O)oc2c1C(=O)CCC2. The van der Waals surface area contributed by atoms with Crippen LogP contribution in [-0.4, -0.2) is 40.3 Å². The lowest BCUT2D eigenvalue weighted by Gasteiger charge is -2.30. The van der Waals surface area contributed by atoms with Crippen LogP contribution in [0.5, 0.6) is 0 Å². The minimum absolute atomic E-state index is 0.0169. The third kappa shape index (κ3) is 2.34. The normalized spacial score (nSPS) is 14.8. The van der Waals surface area contributed by atoms with Crippen molar-refractivity contribution in [3.05, 3.63) is 22.6 Å². The fraction of sp³-hybridized carbons (Fsp3) is 0.533. The van der Waals surface area contributed by atoms with Crippen LogP contribution in [0.4, 0.5) is 0 Å². The topological polar surface area (TPSA) is 87.8 Å². The number of carboxylic acid groups (broad SMARTS) is 1. The second kappa shape index (κ2) is 5.02. The quantitative estimate of drug-likeness (QED) is 0.921. The predicted octanol–water partition coefficient (Wildman–Crippen LogP) is 2.04. The molecule has 1 amide bonds. The fourth-order valence-electron chi connectivity index (χ4n) is 2.40. The Bertz CT molecular complexity index is 626. The molecule has 2 rings (SSSR count). The second-order valence-corrected chi connectivity index (χ2v) is 5.86. The molecule has 0 spiro atoms. The average molecular weight is 293 g/mol. The van der Waals surface area contributed by atoms with Crippen LogP contribution in [0.1, 0.15) is 58.9 Å². The number of nitrogens with zero attached hydrogens (tertiary/aromatic N) is 1. The van der Waals surface area contributed by atoms with Gasteiger partial charge in [0, 0.05) is 25.5 Å². The zero-order valence-corrected chi connectivity index (χ0v) is 12.6. The van der Waals surface area contributed by atoms with E-state index in [9.17, 15) is 19.5 Å². The third-order valence-electron chi connectivity index (χ3n) is 4.17. The van der Waals surface area contributed by atoms with E-state index in [4.69, 9.17) is 4.42 Å². The van der Waals surface area contributed by atoms with Crippen LogP contribution in [0.25, 0.3) is 0 Å². The smallest absolute Gasteiger partial charge is 0.329 e. The van der Waals surface area contributed by atoms with Gasteiger partial charge in [0.15, 0.2) is 11.5 Å². The lowest BCUT2D eigenvalue weighted by Crippen LogP contribution is -2.50. The Balaban J connectivity index is 2.42. The lowest BCUT2D eigenvalue weighted by atomic mass is 9.93. The van der Waals surface area contributed by atoms with Gasteiger partial charge in [0.1, 0.15) is 11.3 Å². The number of rotatable bonds is 3. The summed E-state index contributed by atoms with van der Waals surface area (Å²) in [5.74, 6) is -1.05. The minimum atomic E-state index is -1.36. The number of hydrogen-bond donors (Lipinski definition) is 1. The van der Waals surface area contributed by atoms with Gasteiger partial charge in [-0.15, -0.1) is 0 Å². The monoisotopic (exact) mass is 293 g/mol. The maximum absolute atomic E-state index is 12.5. The first-order valence-electron chi connectivity index (χ1n) is 6.85. The van der Waals surface area contributed by atoms with Gasteiger partial charge in [0.05, 0.1) is 5.56 Å². The van der Waals surface area contributed by atoms with Gasteiger partial charge < -0.3 is 14.4 Å². The van der Waals surface area contributed by atoms with Gasteiger partial charge in [0.25, 0.3) is 5.91 Å². The van der Waals surface area contributed by atoms with Gasteiger partial charge >= 0.3 is 5.97 Å². The number of hydrogen-bond acceptors (Lipinski definition) is 4. The molecule has 1 heterocycles. The Morgan fingerprint density at radius 1 is 1.29 bits per heavy atom. The molecule has 0 unspecified atom stereocenters. The van der Waals surface area contributed by atoms with Gasteiger partial charge in [0.2, 0.25) is 0 Å². The van der Waals surface area contributed by atoms with Crippen molar-refractivity contribution in [2.24, 2.45) is 0 Å². The highest BCUT2D eigenvalue weighted by Gasteiger charge is 2.38. The van der Waals surface area contributed by atoms with Gasteiger partial charge in [-0.1, -0.05) is 0 Å². The van der Waals surface area contributed by atoms with E-state index in [1.54, 1.807) is 6.92 Å². The molecule has 0 saturated heterocycles. The van der Waals surface area contributed by atoms with Crippen LogP contribution in [0.2, 0.25) is 0 Å². The predicted molar refractivity (Wildman–Crippen MR) is 74.5 cm³/mol. The van der Waals surface area contributed by atoms with Crippen LogP contribution in [-0.2, 0) is 11.2 Å². The van der Waals surface area contributed by atoms with E-state index in [0.717, 1.165) is 4.90 Å². The molecule has 0 fully saturated rings. The molecule has 21 heavy (non-hydrogen) atoms. The van der Waals surface area contributed by atoms with Gasteiger partial charge in [-0.2, -0.15) is 0 Å². The zero-order valence-electron chi connectivity index (χ0n) is 12.6. The summed E-state index contributed by atoms with van der Waals surface area (Å²) in [6.45, 7) is 4.55. The van der Waals surface area contributed by atoms with E-state index in [1.165, 1.54) is 20.9 Å². The molecule has 6 heteroatoms. The number of likely N-dealkylation sites (N-methyl/N-ethyl adjacent to an activating group) is 1. The number of aryl methyl sites for hydroxylation is 1. The highest BCUT2D eigenvalue weighted by Crippen LogP contribution is 2.30. The highest BCUT2D eigenvalue weighted by molar-refractivity contribution is 6.04. The van der Waals surface area contributed by atoms with Crippen molar-refractivity contribution in [3.63, 3.8) is 0 Å². The van der Waals surface area contributed by atoms with Crippen LogP contribution >= 0.6 is 0 Å². The Morgan fingerprint density at radius 3 is 2.43 bits per heavy atom. The highest BCUT2D eigenvalue weighted by atomic mass is 16.4. The summed E-state index contributed by atoms with van der Waals surface area (Å²) in [4.78, 5) is 36.8. The number of fused-ring (bicyclic) bond motifs is 1. The summed E-state index contributed by atoms with van der Waals surface area (Å²) < 4.78 is 5.56. The molecular weight excluding hydrogens is 274 g/mol. The average Bonchev–Trinajstić information content (AvgIpc) is 2.75. The largest absolute Gasteiger partial charge is 0.480 e. The van der Waals surface area contributed by atoms with Crippen molar-refractivity contribution in [3.8, 4) is 0 Å². The van der Waals surface area contributed by atoms with Gasteiger partial charge in [-0.05, 0) is 27.2 Å². The molecule has 0 atom stereocenters. The first-order valence-corrected chi connectivity index (χ1v) is 6.85. The molecule has 1 aliphatic rings. The van der Waals surface area contributed by atoms with Crippen LogP contribution < -0.4 is 0 Å². The molecule has 6 nitrogen and oxygen atoms in total. The maximum atomic E-state index is 12.5. The summed E-state index contributed by atoms with van der Waals surface area (Å²) >= 11 is 0. The first kappa shape index (κ1) is 15.3. The van der Waals surface area contributed by atoms with Crippen molar-refractivity contribution in [2.45, 2.75) is 45.6 Å². The van der Waals surface area contributed by atoms with Crippen molar-refractivity contribution < 1.29 is 23.9 Å². The summed E-state index contributed by atoms with van der Waals surface area (Å²) in [5.41, 5.74) is -0.361. The molecule has 1 aliphatic carbocycles. The first-order chi connectivity index (χ1) is 9.67. The van der Waals surface area contributed by atoms with Crippen LogP contribution in [0.3, 0.4) is 0 Å². The molecule has 1 N–H and O–H groups in total. The molecular formula is C15H19NO5. The van der Waals surface area contributed by atoms with Crippen molar-refractivity contribution in [2.75, 3.05) is 7.05 Å². The number of amides is 1. The Morgan fingerprint density at radius 2 is 1.90 bits per heavy atom. The zero-order chi connectivity index (χ0) is 15.9. The number of furan rings is 1. The van der Waals surface area contributed by atoms with Crippen LogP contribution in [0, 0.1) is 6.92 Å². The van der Waals surface area contributed by atoms with Crippen molar-refractivity contribution in [1.29, 1.82) is 0 Å². The van der Waals surface area contributed by atoms with Crippen molar-refractivity contribution >= 4 is 17.7 Å². The third-order valence-corrected chi connectivity index (χ3v) is 4.17. The number of Topliss-reactive ketones (excluding diaryl/α,β-unsaturated/α-hetero) is 1. The number of ketones is 1. The Hall–Kier alpha value is -2.11. The standard InChI is InChI=1S/C15H19NO5/c1-8-11-9(17)6-5-7-10(11)21-12(8)13(18)16(4)15(2,3)14(19)20/h5-7H2,1-4H3,(H,19,20). The molecule has 0 radical (unpaired) electrons. The summed E-state index contributed by atoms with van der Waals surface area (Å²) in [6.07, 6.45) is 1.79. The molecule has 1 aromatic heterocycles. The Labute approximate surface area is 122 Å². The number of aliphatic carboxylic acids is 1. The van der Waals surface area contributed by atoms with Crippen LogP contribution in [0.15, 0.2) is 4.42 Å². The summed E-state index contributed by atoms with van der Waals surface area (Å²) in [7, 11) is 1.42. The van der Waals surface area contributed by atoms with E-state index >= 15 is 0 Å².